The van der Waals surface area contributed by atoms with E-state index in [1.54, 1.807) is 0 Å². The molecule has 0 saturated heterocycles. The molecule has 1 heterocycles. The van der Waals surface area contributed by atoms with Gasteiger partial charge >= 0.3 is 0 Å². The Morgan fingerprint density at radius 3 is 2.94 bits per heavy atom. The second-order valence-corrected chi connectivity index (χ2v) is 5.09. The lowest BCUT2D eigenvalue weighted by Crippen LogP contribution is -2.12. The number of imidazole rings is 1. The van der Waals surface area contributed by atoms with Crippen LogP contribution in [0.25, 0.3) is 11.0 Å². The predicted molar refractivity (Wildman–Crippen MR) is 73.6 cm³/mol. The van der Waals surface area contributed by atoms with Crippen molar-refractivity contribution in [3.05, 3.63) is 28.5 Å². The molecule has 0 spiro atoms. The maximum absolute atomic E-state index is 6.09. The molecule has 5 heteroatoms. The Bertz CT molecular complexity index is 494. The lowest BCUT2D eigenvalue weighted by Gasteiger charge is -2.07. The average molecular weight is 297 g/mol. The van der Waals surface area contributed by atoms with Crippen molar-refractivity contribution in [1.29, 1.82) is 0 Å². The number of halogens is 1. The summed E-state index contributed by atoms with van der Waals surface area (Å²) in [4.78, 5) is 7.77. The first-order valence-electron chi connectivity index (χ1n) is 5.81. The lowest BCUT2D eigenvalue weighted by molar-refractivity contribution is 0.571. The van der Waals surface area contributed by atoms with E-state index in [2.05, 4.69) is 25.9 Å². The van der Waals surface area contributed by atoms with Crippen molar-refractivity contribution in [2.24, 2.45) is 11.5 Å². The third-order valence-electron chi connectivity index (χ3n) is 2.78. The Morgan fingerprint density at radius 1 is 1.35 bits per heavy atom. The molecule has 0 amide bonds. The van der Waals surface area contributed by atoms with E-state index in [4.69, 9.17) is 11.5 Å². The molecule has 1 aromatic heterocycles. The Hall–Kier alpha value is -0.910. The number of hydrogen-bond donors (Lipinski definition) is 3. The van der Waals surface area contributed by atoms with E-state index in [-0.39, 0.29) is 6.04 Å². The summed E-state index contributed by atoms with van der Waals surface area (Å²) in [6.07, 6.45) is 2.97. The zero-order valence-corrected chi connectivity index (χ0v) is 11.2. The highest BCUT2D eigenvalue weighted by Crippen LogP contribution is 2.21. The van der Waals surface area contributed by atoms with E-state index in [9.17, 15) is 0 Å². The molecule has 0 unspecified atom stereocenters. The molecule has 2 aromatic rings. The van der Waals surface area contributed by atoms with Gasteiger partial charge in [0.1, 0.15) is 5.82 Å². The molecule has 92 valence electrons. The molecule has 0 saturated carbocycles. The van der Waals surface area contributed by atoms with Gasteiger partial charge in [0.05, 0.1) is 17.1 Å². The molecule has 4 nitrogen and oxygen atoms in total. The first-order chi connectivity index (χ1) is 8.20. The molecule has 17 heavy (non-hydrogen) atoms. The molecule has 0 radical (unpaired) electrons. The fraction of sp³-hybridized carbons (Fsp3) is 0.417. The number of unbranched alkanes of at least 4 members (excludes halogenated alkanes) is 1. The summed E-state index contributed by atoms with van der Waals surface area (Å²) in [5, 5.41) is 0. The number of rotatable bonds is 5. The number of aromatic nitrogens is 2. The largest absolute Gasteiger partial charge is 0.341 e. The molecule has 0 aliphatic carbocycles. The van der Waals surface area contributed by atoms with Crippen LogP contribution in [0, 0.1) is 0 Å². The number of nitrogens with one attached hydrogen (secondary N) is 1. The van der Waals surface area contributed by atoms with Gasteiger partial charge in [-0.15, -0.1) is 0 Å². The normalized spacial score (nSPS) is 13.1. The van der Waals surface area contributed by atoms with Gasteiger partial charge in [-0.3, -0.25) is 0 Å². The first kappa shape index (κ1) is 12.5. The number of hydrogen-bond acceptors (Lipinski definition) is 3. The van der Waals surface area contributed by atoms with E-state index in [1.165, 1.54) is 0 Å². The van der Waals surface area contributed by atoms with Gasteiger partial charge in [-0.25, -0.2) is 4.98 Å². The van der Waals surface area contributed by atoms with Gasteiger partial charge in [-0.05, 0) is 37.6 Å². The number of H-pyrrole nitrogens is 1. The second-order valence-electron chi connectivity index (χ2n) is 4.17. The maximum atomic E-state index is 6.09. The summed E-state index contributed by atoms with van der Waals surface area (Å²) in [7, 11) is 0. The molecule has 0 aliphatic heterocycles. The van der Waals surface area contributed by atoms with Crippen molar-refractivity contribution in [1.82, 2.24) is 9.97 Å². The molecule has 1 atom stereocenters. The molecule has 0 aliphatic rings. The highest BCUT2D eigenvalue weighted by molar-refractivity contribution is 9.10. The Balaban J connectivity index is 2.12. The molecule has 5 N–H and O–H groups in total. The van der Waals surface area contributed by atoms with E-state index in [1.807, 2.05) is 18.2 Å². The SMILES string of the molecule is NCCCC[C@@H](N)c1nc2ccc(Br)cc2[nH]1. The summed E-state index contributed by atoms with van der Waals surface area (Å²) in [6.45, 7) is 0.722. The fourth-order valence-electron chi connectivity index (χ4n) is 1.82. The van der Waals surface area contributed by atoms with Gasteiger partial charge in [-0.1, -0.05) is 22.4 Å². The topological polar surface area (TPSA) is 80.7 Å². The van der Waals surface area contributed by atoms with E-state index >= 15 is 0 Å². The van der Waals surface area contributed by atoms with Crippen LogP contribution in [0.4, 0.5) is 0 Å². The summed E-state index contributed by atoms with van der Waals surface area (Å²) in [5.74, 6) is 0.857. The number of benzene rings is 1. The molecule has 0 fully saturated rings. The monoisotopic (exact) mass is 296 g/mol. The zero-order valence-electron chi connectivity index (χ0n) is 9.62. The molecular formula is C12H17BrN4. The van der Waals surface area contributed by atoms with Crippen molar-refractivity contribution in [3.63, 3.8) is 0 Å². The van der Waals surface area contributed by atoms with Gasteiger partial charge in [0, 0.05) is 4.47 Å². The molecular weight excluding hydrogens is 280 g/mol. The maximum Gasteiger partial charge on any atom is 0.124 e. The van der Waals surface area contributed by atoms with Gasteiger partial charge in [-0.2, -0.15) is 0 Å². The summed E-state index contributed by atoms with van der Waals surface area (Å²) >= 11 is 3.44. The zero-order chi connectivity index (χ0) is 12.3. The number of aromatic amines is 1. The van der Waals surface area contributed by atoms with Crippen LogP contribution in [-0.4, -0.2) is 16.5 Å². The molecule has 1 aromatic carbocycles. The third kappa shape index (κ3) is 3.06. The summed E-state index contributed by atoms with van der Waals surface area (Å²) in [5.41, 5.74) is 13.5. The van der Waals surface area contributed by atoms with Gasteiger partial charge in [0.2, 0.25) is 0 Å². The van der Waals surface area contributed by atoms with Crippen LogP contribution in [0.15, 0.2) is 22.7 Å². The van der Waals surface area contributed by atoms with Crippen LogP contribution in [0.2, 0.25) is 0 Å². The first-order valence-corrected chi connectivity index (χ1v) is 6.61. The minimum atomic E-state index is -0.0345. The van der Waals surface area contributed by atoms with Crippen LogP contribution in [0.3, 0.4) is 0 Å². The standard InChI is InChI=1S/C12H17BrN4/c13-8-4-5-10-11(7-8)17-12(16-10)9(15)3-1-2-6-14/h4-5,7,9H,1-3,6,14-15H2,(H,16,17)/t9-/m1/s1. The van der Waals surface area contributed by atoms with Crippen molar-refractivity contribution in [2.75, 3.05) is 6.54 Å². The summed E-state index contributed by atoms with van der Waals surface area (Å²) in [6, 6.07) is 5.94. The minimum absolute atomic E-state index is 0.0345. The second kappa shape index (κ2) is 5.62. The van der Waals surface area contributed by atoms with E-state index in [0.717, 1.165) is 47.1 Å². The van der Waals surface area contributed by atoms with Crippen LogP contribution in [0.5, 0.6) is 0 Å². The predicted octanol–water partition coefficient (Wildman–Crippen LogP) is 2.45. The van der Waals surface area contributed by atoms with E-state index < -0.39 is 0 Å². The van der Waals surface area contributed by atoms with Crippen LogP contribution < -0.4 is 11.5 Å². The third-order valence-corrected chi connectivity index (χ3v) is 3.28. The smallest absolute Gasteiger partial charge is 0.124 e. The quantitative estimate of drug-likeness (QED) is 0.741. The number of fused-ring (bicyclic) bond motifs is 1. The van der Waals surface area contributed by atoms with Crippen molar-refractivity contribution < 1.29 is 0 Å². The highest BCUT2D eigenvalue weighted by Gasteiger charge is 2.10. The van der Waals surface area contributed by atoms with Crippen molar-refractivity contribution >= 4 is 27.0 Å². The Labute approximate surface area is 109 Å². The van der Waals surface area contributed by atoms with Crippen LogP contribution >= 0.6 is 15.9 Å². The van der Waals surface area contributed by atoms with E-state index in [0.29, 0.717) is 0 Å². The number of nitrogens with two attached hydrogens (primary N) is 2. The Morgan fingerprint density at radius 2 is 2.18 bits per heavy atom. The molecule has 2 rings (SSSR count). The fourth-order valence-corrected chi connectivity index (χ4v) is 2.18. The Kier molecular flexibility index (Phi) is 4.15. The van der Waals surface area contributed by atoms with Crippen LogP contribution in [-0.2, 0) is 0 Å². The van der Waals surface area contributed by atoms with Gasteiger partial charge in [0.15, 0.2) is 0 Å². The van der Waals surface area contributed by atoms with Crippen molar-refractivity contribution in [3.8, 4) is 0 Å². The lowest BCUT2D eigenvalue weighted by atomic mass is 10.1. The molecule has 0 bridgehead atoms. The average Bonchev–Trinajstić information content (AvgIpc) is 2.72. The van der Waals surface area contributed by atoms with Crippen molar-refractivity contribution in [2.45, 2.75) is 25.3 Å². The van der Waals surface area contributed by atoms with Gasteiger partial charge < -0.3 is 16.5 Å². The minimum Gasteiger partial charge on any atom is -0.341 e. The number of nitrogens with zero attached hydrogens (tertiary/aromatic N) is 1. The highest BCUT2D eigenvalue weighted by atomic mass is 79.9. The summed E-state index contributed by atoms with van der Waals surface area (Å²) < 4.78 is 1.04. The van der Waals surface area contributed by atoms with Gasteiger partial charge in [0.25, 0.3) is 0 Å². The van der Waals surface area contributed by atoms with Crippen LogP contribution in [0.1, 0.15) is 31.1 Å².